The van der Waals surface area contributed by atoms with E-state index in [2.05, 4.69) is 0 Å². The second kappa shape index (κ2) is 5.81. The van der Waals surface area contributed by atoms with Gasteiger partial charge in [0.25, 0.3) is 0 Å². The molecule has 0 spiro atoms. The van der Waals surface area contributed by atoms with Crippen molar-refractivity contribution in [1.29, 1.82) is 0 Å². The summed E-state index contributed by atoms with van der Waals surface area (Å²) in [5.74, 6) is -0.257. The van der Waals surface area contributed by atoms with Crippen molar-refractivity contribution in [2.75, 3.05) is 0 Å². The van der Waals surface area contributed by atoms with Crippen molar-refractivity contribution in [2.45, 2.75) is 31.7 Å². The van der Waals surface area contributed by atoms with E-state index in [0.29, 0.717) is 16.9 Å². The Labute approximate surface area is 150 Å². The van der Waals surface area contributed by atoms with E-state index in [9.17, 15) is 14.7 Å². The molecule has 0 bridgehead atoms. The number of para-hydroxylation sites is 1. The van der Waals surface area contributed by atoms with Gasteiger partial charge in [-0.15, -0.1) is 0 Å². The summed E-state index contributed by atoms with van der Waals surface area (Å²) in [6, 6.07) is 15.5. The van der Waals surface area contributed by atoms with Crippen LogP contribution < -0.4 is 4.74 Å². The average molecular weight is 350 g/mol. The van der Waals surface area contributed by atoms with E-state index in [4.69, 9.17) is 9.47 Å². The van der Waals surface area contributed by atoms with Gasteiger partial charge in [-0.25, -0.2) is 0 Å². The maximum absolute atomic E-state index is 13.1. The Morgan fingerprint density at radius 3 is 2.15 bits per heavy atom. The summed E-state index contributed by atoms with van der Waals surface area (Å²) in [6.45, 7) is 3.34. The quantitative estimate of drug-likeness (QED) is 0.901. The van der Waals surface area contributed by atoms with E-state index in [1.165, 1.54) is 0 Å². The molecule has 1 N–H and O–H groups in total. The van der Waals surface area contributed by atoms with Gasteiger partial charge in [-0.3, -0.25) is 9.59 Å². The summed E-state index contributed by atoms with van der Waals surface area (Å²) in [6.07, 6.45) is -2.12. The van der Waals surface area contributed by atoms with E-state index in [1.807, 2.05) is 6.07 Å². The van der Waals surface area contributed by atoms with Gasteiger partial charge in [0.05, 0.1) is 5.57 Å². The van der Waals surface area contributed by atoms with Gasteiger partial charge >= 0.3 is 0 Å². The first-order chi connectivity index (χ1) is 12.4. The van der Waals surface area contributed by atoms with E-state index < -0.39 is 17.8 Å². The first-order valence-electron chi connectivity index (χ1n) is 8.41. The number of carbonyl (C=O) groups excluding carboxylic acids is 2. The monoisotopic (exact) mass is 350 g/mol. The Morgan fingerprint density at radius 1 is 0.923 bits per heavy atom. The van der Waals surface area contributed by atoms with Crippen LogP contribution in [0.5, 0.6) is 5.75 Å². The number of fused-ring (bicyclic) bond motifs is 1. The molecule has 5 heteroatoms. The van der Waals surface area contributed by atoms with E-state index >= 15 is 0 Å². The van der Waals surface area contributed by atoms with Crippen LogP contribution in [0.4, 0.5) is 0 Å². The lowest BCUT2D eigenvalue weighted by atomic mass is 9.79. The Hall–Kier alpha value is -2.92. The Morgan fingerprint density at radius 2 is 1.50 bits per heavy atom. The standard InChI is InChI=1S/C21H18O5/c1-21(2)20(24)19(25-12-8-4-3-5-9-12)15-16(22)13-10-6-7-11-14(13)17(23)18(15)26-21/h3-11,19-20,24H,1-2H3/t19-,20-/m1/s1. The zero-order valence-electron chi connectivity index (χ0n) is 14.4. The third kappa shape index (κ3) is 2.44. The van der Waals surface area contributed by atoms with E-state index in [-0.39, 0.29) is 22.9 Å². The number of ether oxygens (including phenoxy) is 2. The molecule has 132 valence electrons. The van der Waals surface area contributed by atoms with Gasteiger partial charge in [0.1, 0.15) is 17.5 Å². The number of benzene rings is 2. The number of allylic oxidation sites excluding steroid dienone is 1. The topological polar surface area (TPSA) is 72.8 Å². The normalized spacial score (nSPS) is 23.8. The van der Waals surface area contributed by atoms with E-state index in [1.54, 1.807) is 62.4 Å². The smallest absolute Gasteiger partial charge is 0.228 e. The highest BCUT2D eigenvalue weighted by atomic mass is 16.5. The SMILES string of the molecule is CC1(C)OC2=C(C(=O)c3ccccc3C2=O)[C@@H](Oc2ccccc2)[C@H]1O. The molecule has 4 rings (SSSR count). The van der Waals surface area contributed by atoms with Gasteiger partial charge in [0.2, 0.25) is 5.78 Å². The van der Waals surface area contributed by atoms with Gasteiger partial charge in [-0.05, 0) is 26.0 Å². The molecule has 0 fully saturated rings. The Kier molecular flexibility index (Phi) is 3.70. The number of Topliss-reactive ketones (excluding diaryl/α,β-unsaturated/α-hetero) is 2. The van der Waals surface area contributed by atoms with Crippen LogP contribution in [-0.4, -0.2) is 34.5 Å². The van der Waals surface area contributed by atoms with Crippen LogP contribution in [0.15, 0.2) is 65.9 Å². The molecule has 1 heterocycles. The molecule has 0 saturated heterocycles. The third-order valence-electron chi connectivity index (χ3n) is 4.77. The number of hydrogen-bond acceptors (Lipinski definition) is 5. The molecule has 26 heavy (non-hydrogen) atoms. The number of carbonyl (C=O) groups is 2. The second-order valence-electron chi connectivity index (χ2n) is 6.95. The summed E-state index contributed by atoms with van der Waals surface area (Å²) in [5, 5.41) is 10.8. The number of aliphatic hydroxyl groups is 1. The van der Waals surface area contributed by atoms with Gasteiger partial charge in [-0.2, -0.15) is 0 Å². The molecule has 0 aromatic heterocycles. The predicted molar refractivity (Wildman–Crippen MR) is 94.2 cm³/mol. The molecule has 0 radical (unpaired) electrons. The number of ketones is 2. The fraction of sp³-hybridized carbons (Fsp3) is 0.238. The molecule has 2 aromatic carbocycles. The third-order valence-corrected chi connectivity index (χ3v) is 4.77. The average Bonchev–Trinajstić information content (AvgIpc) is 2.64. The molecule has 0 saturated carbocycles. The van der Waals surface area contributed by atoms with Crippen LogP contribution in [0.1, 0.15) is 34.6 Å². The number of hydrogen-bond donors (Lipinski definition) is 1. The fourth-order valence-electron chi connectivity index (χ4n) is 3.35. The number of aliphatic hydroxyl groups excluding tert-OH is 1. The molecular formula is C21H18O5. The lowest BCUT2D eigenvalue weighted by Gasteiger charge is -2.43. The molecule has 2 aromatic rings. The molecule has 0 amide bonds. The molecule has 2 atom stereocenters. The van der Waals surface area contributed by atoms with Gasteiger partial charge in [0.15, 0.2) is 17.6 Å². The van der Waals surface area contributed by atoms with Crippen LogP contribution in [0.2, 0.25) is 0 Å². The van der Waals surface area contributed by atoms with Crippen molar-refractivity contribution in [3.05, 3.63) is 77.1 Å². The molecule has 5 nitrogen and oxygen atoms in total. The van der Waals surface area contributed by atoms with Crippen molar-refractivity contribution in [1.82, 2.24) is 0 Å². The highest BCUT2D eigenvalue weighted by molar-refractivity contribution is 6.26. The van der Waals surface area contributed by atoms with Crippen LogP contribution in [0.25, 0.3) is 0 Å². The second-order valence-corrected chi connectivity index (χ2v) is 6.95. The number of rotatable bonds is 2. The van der Waals surface area contributed by atoms with Crippen molar-refractivity contribution < 1.29 is 24.2 Å². The zero-order chi connectivity index (χ0) is 18.5. The first-order valence-corrected chi connectivity index (χ1v) is 8.41. The van der Waals surface area contributed by atoms with Gasteiger partial charge in [0, 0.05) is 11.1 Å². The van der Waals surface area contributed by atoms with E-state index in [0.717, 1.165) is 0 Å². The summed E-state index contributed by atoms with van der Waals surface area (Å²) >= 11 is 0. The van der Waals surface area contributed by atoms with Crippen LogP contribution >= 0.6 is 0 Å². The van der Waals surface area contributed by atoms with Crippen molar-refractivity contribution >= 4 is 11.6 Å². The molecular weight excluding hydrogens is 332 g/mol. The van der Waals surface area contributed by atoms with Crippen LogP contribution in [0.3, 0.4) is 0 Å². The Bertz CT molecular complexity index is 926. The van der Waals surface area contributed by atoms with Crippen LogP contribution in [-0.2, 0) is 4.74 Å². The fourth-order valence-corrected chi connectivity index (χ4v) is 3.35. The largest absolute Gasteiger partial charge is 0.483 e. The summed E-state index contributed by atoms with van der Waals surface area (Å²) < 4.78 is 11.7. The van der Waals surface area contributed by atoms with Crippen molar-refractivity contribution in [2.24, 2.45) is 0 Å². The van der Waals surface area contributed by atoms with Gasteiger partial charge < -0.3 is 14.6 Å². The summed E-state index contributed by atoms with van der Waals surface area (Å²) in [4.78, 5) is 26.0. The van der Waals surface area contributed by atoms with Crippen LogP contribution in [0, 0.1) is 0 Å². The maximum Gasteiger partial charge on any atom is 0.228 e. The zero-order valence-corrected chi connectivity index (χ0v) is 14.4. The van der Waals surface area contributed by atoms with Gasteiger partial charge in [-0.1, -0.05) is 42.5 Å². The van der Waals surface area contributed by atoms with Crippen molar-refractivity contribution in [3.63, 3.8) is 0 Å². The first kappa shape index (κ1) is 16.5. The lowest BCUT2D eigenvalue weighted by molar-refractivity contribution is -0.118. The lowest BCUT2D eigenvalue weighted by Crippen LogP contribution is -2.56. The minimum atomic E-state index is -1.12. The minimum Gasteiger partial charge on any atom is -0.483 e. The van der Waals surface area contributed by atoms with Crippen molar-refractivity contribution in [3.8, 4) is 5.75 Å². The maximum atomic E-state index is 13.1. The molecule has 1 aliphatic carbocycles. The highest BCUT2D eigenvalue weighted by Crippen LogP contribution is 2.40. The molecule has 1 aliphatic heterocycles. The molecule has 0 unspecified atom stereocenters. The molecule has 2 aliphatic rings. The summed E-state index contributed by atoms with van der Waals surface area (Å²) in [7, 11) is 0. The summed E-state index contributed by atoms with van der Waals surface area (Å²) in [5.41, 5.74) is -0.403. The minimum absolute atomic E-state index is 0.0371. The highest BCUT2D eigenvalue weighted by Gasteiger charge is 2.51. The Balaban J connectivity index is 1.86. The predicted octanol–water partition coefficient (Wildman–Crippen LogP) is 2.94.